The number of fused-ring (bicyclic) bond motifs is 1. The van der Waals surface area contributed by atoms with Crippen molar-refractivity contribution in [2.24, 2.45) is 0 Å². The second-order valence-corrected chi connectivity index (χ2v) is 6.53. The van der Waals surface area contributed by atoms with E-state index in [1.165, 1.54) is 24.0 Å². The van der Waals surface area contributed by atoms with E-state index in [1.54, 1.807) is 0 Å². The molecule has 1 aliphatic heterocycles. The molecule has 0 spiro atoms. The van der Waals surface area contributed by atoms with E-state index in [0.29, 0.717) is 6.04 Å². The molecule has 3 rings (SSSR count). The van der Waals surface area contributed by atoms with Crippen LogP contribution in [0.2, 0.25) is 0 Å². The van der Waals surface area contributed by atoms with Gasteiger partial charge in [-0.15, -0.1) is 0 Å². The first kappa shape index (κ1) is 14.1. The maximum atomic E-state index is 10.7. The van der Waals surface area contributed by atoms with E-state index in [-0.39, 0.29) is 0 Å². The molecule has 110 valence electrons. The Kier molecular flexibility index (Phi) is 4.11. The van der Waals surface area contributed by atoms with Gasteiger partial charge in [-0.1, -0.05) is 37.1 Å². The molecule has 0 radical (unpaired) electrons. The molecule has 0 bridgehead atoms. The molecule has 20 heavy (non-hydrogen) atoms. The third-order valence-corrected chi connectivity index (χ3v) is 4.93. The molecule has 0 aromatic heterocycles. The molecule has 1 aromatic carbocycles. The highest BCUT2D eigenvalue weighted by atomic mass is 16.3. The fraction of sp³-hybridized carbons (Fsp3) is 0.647. The summed E-state index contributed by atoms with van der Waals surface area (Å²) >= 11 is 0. The number of hydrogen-bond acceptors (Lipinski definition) is 3. The van der Waals surface area contributed by atoms with Gasteiger partial charge in [-0.2, -0.15) is 0 Å². The lowest BCUT2D eigenvalue weighted by Crippen LogP contribution is -2.41. The van der Waals surface area contributed by atoms with Crippen LogP contribution in [0.4, 0.5) is 0 Å². The maximum Gasteiger partial charge on any atom is 0.0774 e. The standard InChI is InChI=1S/C17H26N2O/c1-19(13-17(20)9-4-5-10-17)16-8-11-18-12-14-6-2-3-7-15(14)16/h2-3,6-7,16,18,20H,4-5,8-13H2,1H3. The largest absolute Gasteiger partial charge is 0.389 e. The third-order valence-electron chi connectivity index (χ3n) is 4.93. The van der Waals surface area contributed by atoms with Crippen molar-refractivity contribution < 1.29 is 5.11 Å². The topological polar surface area (TPSA) is 35.5 Å². The third kappa shape index (κ3) is 2.90. The van der Waals surface area contributed by atoms with Gasteiger partial charge >= 0.3 is 0 Å². The van der Waals surface area contributed by atoms with Crippen molar-refractivity contribution in [3.05, 3.63) is 35.4 Å². The second kappa shape index (κ2) is 5.84. The molecule has 3 nitrogen and oxygen atoms in total. The molecule has 3 heteroatoms. The van der Waals surface area contributed by atoms with Crippen LogP contribution in [0.3, 0.4) is 0 Å². The monoisotopic (exact) mass is 274 g/mol. The average Bonchev–Trinajstić information content (AvgIpc) is 2.75. The minimum Gasteiger partial charge on any atom is -0.389 e. The smallest absolute Gasteiger partial charge is 0.0774 e. The van der Waals surface area contributed by atoms with Gasteiger partial charge in [-0.05, 0) is 44.0 Å². The summed E-state index contributed by atoms with van der Waals surface area (Å²) in [5.41, 5.74) is 2.38. The molecular weight excluding hydrogens is 248 g/mol. The predicted octanol–water partition coefficient (Wildman–Crippen LogP) is 2.46. The van der Waals surface area contributed by atoms with Crippen molar-refractivity contribution in [1.82, 2.24) is 10.2 Å². The molecule has 2 aliphatic rings. The quantitative estimate of drug-likeness (QED) is 0.889. The van der Waals surface area contributed by atoms with E-state index in [0.717, 1.165) is 38.9 Å². The predicted molar refractivity (Wildman–Crippen MR) is 81.6 cm³/mol. The normalized spacial score (nSPS) is 25.4. The Labute approximate surface area is 122 Å². The lowest BCUT2D eigenvalue weighted by atomic mass is 9.95. The number of nitrogens with zero attached hydrogens (tertiary/aromatic N) is 1. The number of aliphatic hydroxyl groups is 1. The first-order chi connectivity index (χ1) is 9.68. The molecule has 1 fully saturated rings. The summed E-state index contributed by atoms with van der Waals surface area (Å²) < 4.78 is 0. The molecular formula is C17H26N2O. The van der Waals surface area contributed by atoms with Crippen LogP contribution in [0, 0.1) is 0 Å². The van der Waals surface area contributed by atoms with Gasteiger partial charge in [-0.25, -0.2) is 0 Å². The Morgan fingerprint density at radius 1 is 1.30 bits per heavy atom. The minimum atomic E-state index is -0.455. The van der Waals surface area contributed by atoms with Gasteiger partial charge in [0.25, 0.3) is 0 Å². The summed E-state index contributed by atoms with van der Waals surface area (Å²) in [4.78, 5) is 2.37. The van der Waals surface area contributed by atoms with Crippen LogP contribution in [0.1, 0.15) is 49.3 Å². The molecule has 1 saturated carbocycles. The second-order valence-electron chi connectivity index (χ2n) is 6.53. The molecule has 1 atom stereocenters. The van der Waals surface area contributed by atoms with Crippen molar-refractivity contribution in [2.45, 2.75) is 50.3 Å². The highest BCUT2D eigenvalue weighted by molar-refractivity contribution is 5.31. The molecule has 2 N–H and O–H groups in total. The van der Waals surface area contributed by atoms with Crippen molar-refractivity contribution in [2.75, 3.05) is 20.1 Å². The Bertz CT molecular complexity index is 454. The van der Waals surface area contributed by atoms with Crippen LogP contribution in [0.5, 0.6) is 0 Å². The van der Waals surface area contributed by atoms with Crippen LogP contribution in [0.25, 0.3) is 0 Å². The number of likely N-dealkylation sites (N-methyl/N-ethyl adjacent to an activating group) is 1. The first-order valence-electron chi connectivity index (χ1n) is 7.89. The molecule has 0 saturated heterocycles. The summed E-state index contributed by atoms with van der Waals surface area (Å²) in [5.74, 6) is 0. The molecule has 1 unspecified atom stereocenters. The Hall–Kier alpha value is -0.900. The van der Waals surface area contributed by atoms with Gasteiger partial charge in [0.05, 0.1) is 5.60 Å². The van der Waals surface area contributed by atoms with Gasteiger partial charge in [0.1, 0.15) is 0 Å². The lowest BCUT2D eigenvalue weighted by molar-refractivity contribution is 0.00418. The van der Waals surface area contributed by atoms with Gasteiger partial charge < -0.3 is 10.4 Å². The maximum absolute atomic E-state index is 10.7. The van der Waals surface area contributed by atoms with Gasteiger partial charge in [0.15, 0.2) is 0 Å². The summed E-state index contributed by atoms with van der Waals surface area (Å²) in [7, 11) is 2.17. The van der Waals surface area contributed by atoms with Gasteiger partial charge in [0, 0.05) is 19.1 Å². The number of nitrogens with one attached hydrogen (secondary N) is 1. The van der Waals surface area contributed by atoms with Crippen LogP contribution >= 0.6 is 0 Å². The highest BCUT2D eigenvalue weighted by Crippen LogP contribution is 2.34. The minimum absolute atomic E-state index is 0.422. The van der Waals surface area contributed by atoms with Crippen LogP contribution < -0.4 is 5.32 Å². The van der Waals surface area contributed by atoms with Crippen molar-refractivity contribution in [3.8, 4) is 0 Å². The summed E-state index contributed by atoms with van der Waals surface area (Å²) in [5, 5.41) is 14.2. The fourth-order valence-electron chi connectivity index (χ4n) is 3.86. The number of rotatable bonds is 3. The lowest BCUT2D eigenvalue weighted by Gasteiger charge is -2.34. The molecule has 1 aromatic rings. The fourth-order valence-corrected chi connectivity index (χ4v) is 3.86. The van der Waals surface area contributed by atoms with E-state index in [4.69, 9.17) is 0 Å². The van der Waals surface area contributed by atoms with Crippen molar-refractivity contribution in [1.29, 1.82) is 0 Å². The average molecular weight is 274 g/mol. The molecule has 0 amide bonds. The van der Waals surface area contributed by atoms with E-state index < -0.39 is 5.60 Å². The van der Waals surface area contributed by atoms with Crippen molar-refractivity contribution in [3.63, 3.8) is 0 Å². The highest BCUT2D eigenvalue weighted by Gasteiger charge is 2.34. The van der Waals surface area contributed by atoms with E-state index in [1.807, 2.05) is 0 Å². The SMILES string of the molecule is CN(CC1(O)CCCC1)C1CCNCc2ccccc21. The van der Waals surface area contributed by atoms with Crippen LogP contribution in [-0.4, -0.2) is 35.7 Å². The Balaban J connectivity index is 1.78. The van der Waals surface area contributed by atoms with E-state index in [9.17, 15) is 5.11 Å². The summed E-state index contributed by atoms with van der Waals surface area (Å²) in [6.07, 6.45) is 5.39. The summed E-state index contributed by atoms with van der Waals surface area (Å²) in [6, 6.07) is 9.15. The number of benzene rings is 1. The van der Waals surface area contributed by atoms with Crippen molar-refractivity contribution >= 4 is 0 Å². The number of hydrogen-bond donors (Lipinski definition) is 2. The van der Waals surface area contributed by atoms with Gasteiger partial charge in [0.2, 0.25) is 0 Å². The summed E-state index contributed by atoms with van der Waals surface area (Å²) in [6.45, 7) is 2.80. The van der Waals surface area contributed by atoms with Crippen LogP contribution in [0.15, 0.2) is 24.3 Å². The first-order valence-corrected chi connectivity index (χ1v) is 7.89. The zero-order valence-corrected chi connectivity index (χ0v) is 12.4. The van der Waals surface area contributed by atoms with E-state index in [2.05, 4.69) is 41.5 Å². The van der Waals surface area contributed by atoms with Gasteiger partial charge in [-0.3, -0.25) is 4.90 Å². The molecule has 1 heterocycles. The Morgan fingerprint density at radius 2 is 2.05 bits per heavy atom. The van der Waals surface area contributed by atoms with E-state index >= 15 is 0 Å². The zero-order valence-electron chi connectivity index (χ0n) is 12.4. The Morgan fingerprint density at radius 3 is 2.85 bits per heavy atom. The zero-order chi connectivity index (χ0) is 14.0. The molecule has 1 aliphatic carbocycles. The van der Waals surface area contributed by atoms with Crippen LogP contribution in [-0.2, 0) is 6.54 Å².